The molecular weight excluding hydrogens is 190 g/mol. The zero-order chi connectivity index (χ0) is 10.3. The predicted molar refractivity (Wildman–Crippen MR) is 43.2 cm³/mol. The highest BCUT2D eigenvalue weighted by Crippen LogP contribution is 2.32. The number of carbonyl (C=O) groups is 2. The van der Waals surface area contributed by atoms with E-state index in [9.17, 15) is 9.59 Å². The number of hydrogen-bond acceptors (Lipinski definition) is 4. The smallest absolute Gasteiger partial charge is 0.310 e. The molecule has 6 nitrogen and oxygen atoms in total. The third-order valence-electron chi connectivity index (χ3n) is 2.55. The topological polar surface area (TPSA) is 95.9 Å². The summed E-state index contributed by atoms with van der Waals surface area (Å²) in [7, 11) is 0. The maximum atomic E-state index is 10.9. The van der Waals surface area contributed by atoms with Gasteiger partial charge in [0.15, 0.2) is 0 Å². The van der Waals surface area contributed by atoms with E-state index in [1.54, 1.807) is 12.2 Å². The second kappa shape index (κ2) is 3.07. The molecule has 0 aromatic heterocycles. The fraction of sp³-hybridized carbons (Fsp3) is 0.500. The van der Waals surface area contributed by atoms with E-state index < -0.39 is 35.9 Å². The standard InChI is InChI=1S/C8H9NO5/c10-7(11)5-3-1-2-4(14-9-3)6(5)8(12)13/h1-6,9H,(H,10,11)(H,12,13)/t3-,4+,5-,6-/m1/s1. The van der Waals surface area contributed by atoms with Gasteiger partial charge in [-0.05, 0) is 0 Å². The Morgan fingerprint density at radius 3 is 2.14 bits per heavy atom. The quantitative estimate of drug-likeness (QED) is 0.505. The van der Waals surface area contributed by atoms with Gasteiger partial charge in [-0.15, -0.1) is 0 Å². The van der Waals surface area contributed by atoms with E-state index in [0.717, 1.165) is 0 Å². The van der Waals surface area contributed by atoms with Crippen LogP contribution in [0.1, 0.15) is 0 Å². The Hall–Kier alpha value is -1.40. The molecule has 0 spiro atoms. The van der Waals surface area contributed by atoms with Crippen molar-refractivity contribution >= 4 is 11.9 Å². The summed E-state index contributed by atoms with van der Waals surface area (Å²) >= 11 is 0. The van der Waals surface area contributed by atoms with E-state index in [-0.39, 0.29) is 0 Å². The van der Waals surface area contributed by atoms with Gasteiger partial charge in [0.2, 0.25) is 0 Å². The number of nitrogens with one attached hydrogen (secondary N) is 1. The Morgan fingerprint density at radius 1 is 1.14 bits per heavy atom. The van der Waals surface area contributed by atoms with Crippen molar-refractivity contribution in [1.29, 1.82) is 0 Å². The zero-order valence-electron chi connectivity index (χ0n) is 7.08. The van der Waals surface area contributed by atoms with Crippen LogP contribution in [-0.4, -0.2) is 34.3 Å². The molecule has 0 amide bonds. The van der Waals surface area contributed by atoms with E-state index in [1.807, 2.05) is 0 Å². The van der Waals surface area contributed by atoms with Gasteiger partial charge in [-0.25, -0.2) is 0 Å². The normalized spacial score (nSPS) is 39.7. The van der Waals surface area contributed by atoms with Crippen LogP contribution in [0.15, 0.2) is 12.2 Å². The minimum Gasteiger partial charge on any atom is -0.481 e. The molecule has 0 aromatic rings. The van der Waals surface area contributed by atoms with Crippen molar-refractivity contribution in [1.82, 2.24) is 5.48 Å². The third-order valence-corrected chi connectivity index (χ3v) is 2.55. The van der Waals surface area contributed by atoms with Crippen molar-refractivity contribution in [3.63, 3.8) is 0 Å². The number of hydroxylamine groups is 1. The number of hydrogen-bond donors (Lipinski definition) is 3. The zero-order valence-corrected chi connectivity index (χ0v) is 7.08. The van der Waals surface area contributed by atoms with Gasteiger partial charge in [0.25, 0.3) is 0 Å². The van der Waals surface area contributed by atoms with Crippen LogP contribution in [0.5, 0.6) is 0 Å². The lowest BCUT2D eigenvalue weighted by Crippen LogP contribution is -2.58. The van der Waals surface area contributed by atoms with Crippen LogP contribution in [0.2, 0.25) is 0 Å². The molecule has 0 saturated carbocycles. The number of fused-ring (bicyclic) bond motifs is 2. The van der Waals surface area contributed by atoms with E-state index in [1.165, 1.54) is 0 Å². The first-order chi connectivity index (χ1) is 6.61. The molecule has 0 unspecified atom stereocenters. The van der Waals surface area contributed by atoms with Gasteiger partial charge in [-0.1, -0.05) is 12.2 Å². The van der Waals surface area contributed by atoms with E-state index in [2.05, 4.69) is 5.48 Å². The summed E-state index contributed by atoms with van der Waals surface area (Å²) in [5.41, 5.74) is 2.50. The van der Waals surface area contributed by atoms with Crippen molar-refractivity contribution in [2.24, 2.45) is 11.8 Å². The fourth-order valence-corrected chi connectivity index (χ4v) is 1.88. The monoisotopic (exact) mass is 199 g/mol. The molecule has 76 valence electrons. The second-order valence-electron chi connectivity index (χ2n) is 3.34. The van der Waals surface area contributed by atoms with Gasteiger partial charge in [-0.2, -0.15) is 5.48 Å². The molecule has 0 aromatic carbocycles. The maximum absolute atomic E-state index is 10.9. The lowest BCUT2D eigenvalue weighted by molar-refractivity contribution is -0.179. The van der Waals surface area contributed by atoms with Crippen LogP contribution >= 0.6 is 0 Å². The molecule has 1 aliphatic carbocycles. The lowest BCUT2D eigenvalue weighted by Gasteiger charge is -2.40. The molecular formula is C8H9NO5. The van der Waals surface area contributed by atoms with Gasteiger partial charge in [0.05, 0.1) is 12.0 Å². The number of aliphatic carboxylic acids is 2. The summed E-state index contributed by atoms with van der Waals surface area (Å²) in [4.78, 5) is 26.7. The van der Waals surface area contributed by atoms with Crippen LogP contribution < -0.4 is 5.48 Å². The summed E-state index contributed by atoms with van der Waals surface area (Å²) in [5, 5.41) is 17.8. The molecule has 1 fully saturated rings. The molecule has 2 heterocycles. The summed E-state index contributed by atoms with van der Waals surface area (Å²) in [6.45, 7) is 0. The van der Waals surface area contributed by atoms with Crippen molar-refractivity contribution < 1.29 is 24.6 Å². The van der Waals surface area contributed by atoms with Gasteiger partial charge in [0, 0.05) is 0 Å². The molecule has 14 heavy (non-hydrogen) atoms. The Morgan fingerprint density at radius 2 is 1.79 bits per heavy atom. The largest absolute Gasteiger partial charge is 0.481 e. The minimum atomic E-state index is -1.14. The Balaban J connectivity index is 2.33. The Kier molecular flexibility index (Phi) is 2.01. The first-order valence-electron chi connectivity index (χ1n) is 4.16. The van der Waals surface area contributed by atoms with Crippen LogP contribution in [0, 0.1) is 11.8 Å². The summed E-state index contributed by atoms with van der Waals surface area (Å²) in [6.07, 6.45) is 2.52. The van der Waals surface area contributed by atoms with Crippen LogP contribution in [0.4, 0.5) is 0 Å². The first-order valence-corrected chi connectivity index (χ1v) is 4.16. The van der Waals surface area contributed by atoms with Crippen molar-refractivity contribution in [3.05, 3.63) is 12.2 Å². The van der Waals surface area contributed by atoms with Gasteiger partial charge in [-0.3, -0.25) is 14.4 Å². The number of carboxylic acids is 2. The number of carboxylic acid groups (broad SMARTS) is 2. The summed E-state index contributed by atoms with van der Waals surface area (Å²) < 4.78 is 0. The van der Waals surface area contributed by atoms with Crippen LogP contribution in [-0.2, 0) is 14.4 Å². The van der Waals surface area contributed by atoms with Crippen molar-refractivity contribution in [2.45, 2.75) is 12.1 Å². The third kappa shape index (κ3) is 1.19. The summed E-state index contributed by atoms with van der Waals surface area (Å²) in [6, 6.07) is -0.557. The van der Waals surface area contributed by atoms with E-state index in [4.69, 9.17) is 15.1 Å². The van der Waals surface area contributed by atoms with Crippen molar-refractivity contribution in [2.75, 3.05) is 0 Å². The van der Waals surface area contributed by atoms with Crippen LogP contribution in [0.25, 0.3) is 0 Å². The average molecular weight is 199 g/mol. The molecule has 3 rings (SSSR count). The Labute approximate surface area is 79.1 Å². The van der Waals surface area contributed by atoms with Gasteiger partial charge >= 0.3 is 11.9 Å². The van der Waals surface area contributed by atoms with Gasteiger partial charge in [0.1, 0.15) is 12.0 Å². The molecule has 2 aliphatic heterocycles. The molecule has 6 heteroatoms. The van der Waals surface area contributed by atoms with E-state index in [0.29, 0.717) is 0 Å². The number of rotatable bonds is 2. The molecule has 1 saturated heterocycles. The molecule has 0 radical (unpaired) electrons. The SMILES string of the molecule is O=C(O)[C@H]1[C@H](C(=O)O)[C@H]2C=C[C@@H]1ON2. The first kappa shape index (κ1) is 9.17. The van der Waals surface area contributed by atoms with Crippen molar-refractivity contribution in [3.8, 4) is 0 Å². The maximum Gasteiger partial charge on any atom is 0.310 e. The molecule has 3 aliphatic rings. The van der Waals surface area contributed by atoms with E-state index >= 15 is 0 Å². The Bertz CT molecular complexity index is 283. The van der Waals surface area contributed by atoms with Gasteiger partial charge < -0.3 is 10.2 Å². The highest BCUT2D eigenvalue weighted by Gasteiger charge is 2.49. The minimum absolute atomic E-state index is 0.557. The molecule has 4 atom stereocenters. The van der Waals surface area contributed by atoms with Crippen LogP contribution in [0.3, 0.4) is 0 Å². The highest BCUT2D eigenvalue weighted by molar-refractivity contribution is 5.82. The predicted octanol–water partition coefficient (Wildman–Crippen LogP) is -0.770. The lowest BCUT2D eigenvalue weighted by atomic mass is 9.77. The average Bonchev–Trinajstić information content (AvgIpc) is 2.17. The molecule has 3 N–H and O–H groups in total. The fourth-order valence-electron chi connectivity index (χ4n) is 1.88. The highest BCUT2D eigenvalue weighted by atomic mass is 16.7. The summed E-state index contributed by atoms with van der Waals surface area (Å²) in [5.74, 6) is -4.23. The molecule has 2 bridgehead atoms. The second-order valence-corrected chi connectivity index (χ2v) is 3.34.